The third kappa shape index (κ3) is 34.4. The van der Waals surface area contributed by atoms with E-state index in [0.29, 0.717) is 6.61 Å². The molecule has 2 nitrogen and oxygen atoms in total. The molecule has 0 heterocycles. The van der Waals surface area contributed by atoms with Crippen LogP contribution in [0.15, 0.2) is 0 Å². The summed E-state index contributed by atoms with van der Waals surface area (Å²) in [5.41, 5.74) is 0. The Morgan fingerprint density at radius 2 is 0.595 bits per heavy atom. The Labute approximate surface area is 274 Å². The minimum atomic E-state index is -0.558. The normalized spacial score (nSPS) is 11.8. The lowest BCUT2D eigenvalue weighted by Crippen LogP contribution is -2.26. The first kappa shape index (κ1) is 42.0. The molecule has 0 saturated heterocycles. The van der Waals surface area contributed by atoms with Gasteiger partial charge in [0.05, 0.1) is 6.61 Å². The summed E-state index contributed by atoms with van der Waals surface area (Å²) >= 11 is 3.34. The number of alkyl halides is 1. The first-order valence-corrected chi connectivity index (χ1v) is 20.1. The Balaban J connectivity index is 3.08. The van der Waals surface area contributed by atoms with Crippen molar-refractivity contribution in [3.63, 3.8) is 0 Å². The van der Waals surface area contributed by atoms with Crippen molar-refractivity contribution in [2.45, 2.75) is 237 Å². The summed E-state index contributed by atoms with van der Waals surface area (Å²) in [4.78, 5) is 11.7. The van der Waals surface area contributed by atoms with Gasteiger partial charge < -0.3 is 4.74 Å². The second-order valence-corrected chi connectivity index (χ2v) is 15.9. The molecule has 0 aromatic heterocycles. The summed E-state index contributed by atoms with van der Waals surface area (Å²) in [6, 6.07) is 0. The zero-order chi connectivity index (χ0) is 30.8. The zero-order valence-corrected chi connectivity index (χ0v) is 30.8. The summed E-state index contributed by atoms with van der Waals surface area (Å²) in [5, 5.41) is 0. The number of esters is 1. The van der Waals surface area contributed by atoms with Gasteiger partial charge in [0.1, 0.15) is 4.32 Å². The van der Waals surface area contributed by atoms with Crippen LogP contribution in [-0.4, -0.2) is 16.9 Å². The molecule has 0 unspecified atom stereocenters. The average molecular weight is 658 g/mol. The van der Waals surface area contributed by atoms with Gasteiger partial charge in [0.15, 0.2) is 0 Å². The van der Waals surface area contributed by atoms with Crippen molar-refractivity contribution >= 4 is 21.9 Å². The topological polar surface area (TPSA) is 26.3 Å². The summed E-state index contributed by atoms with van der Waals surface area (Å²) in [6.07, 6.45) is 47.0. The van der Waals surface area contributed by atoms with Crippen LogP contribution in [0.2, 0.25) is 0 Å². The maximum Gasteiger partial charge on any atom is 0.322 e. The van der Waals surface area contributed by atoms with Crippen LogP contribution in [0.3, 0.4) is 0 Å². The lowest BCUT2D eigenvalue weighted by Gasteiger charge is -2.14. The smallest absolute Gasteiger partial charge is 0.322 e. The number of ether oxygens (including phenoxy) is 1. The van der Waals surface area contributed by atoms with Gasteiger partial charge in [-0.2, -0.15) is 0 Å². The van der Waals surface area contributed by atoms with Gasteiger partial charge in [-0.1, -0.05) is 228 Å². The van der Waals surface area contributed by atoms with Gasteiger partial charge in [0.2, 0.25) is 0 Å². The van der Waals surface area contributed by atoms with Crippen LogP contribution in [0, 0.1) is 0 Å². The lowest BCUT2D eigenvalue weighted by atomic mass is 10.0. The highest BCUT2D eigenvalue weighted by Crippen LogP contribution is 2.19. The highest BCUT2D eigenvalue weighted by atomic mass is 79.9. The van der Waals surface area contributed by atoms with E-state index in [-0.39, 0.29) is 5.97 Å². The number of halogens is 1. The van der Waals surface area contributed by atoms with Crippen molar-refractivity contribution in [3.8, 4) is 0 Å². The second-order valence-electron chi connectivity index (χ2n) is 13.9. The Morgan fingerprint density at radius 3 is 0.786 bits per heavy atom. The van der Waals surface area contributed by atoms with Gasteiger partial charge in [-0.25, -0.2) is 0 Å². The number of rotatable bonds is 35. The first-order valence-electron chi connectivity index (χ1n) is 19.3. The molecule has 0 aliphatic heterocycles. The molecule has 0 aliphatic carbocycles. The summed E-state index contributed by atoms with van der Waals surface area (Å²) in [5.74, 6) is -0.154. The van der Waals surface area contributed by atoms with Gasteiger partial charge in [-0.15, -0.1) is 0 Å². The van der Waals surface area contributed by atoms with E-state index in [2.05, 4.69) is 22.9 Å². The summed E-state index contributed by atoms with van der Waals surface area (Å²) < 4.78 is 4.73. The predicted octanol–water partition coefficient (Wildman–Crippen LogP) is 14.6. The van der Waals surface area contributed by atoms with E-state index in [4.69, 9.17) is 4.74 Å². The Kier molecular flexibility index (Phi) is 33.8. The minimum Gasteiger partial charge on any atom is -0.465 e. The monoisotopic (exact) mass is 657 g/mol. The molecule has 0 N–H and O–H groups in total. The second kappa shape index (κ2) is 33.8. The molecule has 0 atom stereocenters. The fourth-order valence-corrected chi connectivity index (χ4v) is 6.11. The Bertz CT molecular complexity index is 527. The maximum absolute atomic E-state index is 11.7. The van der Waals surface area contributed by atoms with Gasteiger partial charge >= 0.3 is 5.97 Å². The molecular weight excluding hydrogens is 580 g/mol. The van der Waals surface area contributed by atoms with Crippen molar-refractivity contribution in [1.82, 2.24) is 0 Å². The molecule has 0 radical (unpaired) electrons. The predicted molar refractivity (Wildman–Crippen MR) is 192 cm³/mol. The SMILES string of the molecule is CCCCCCCCCCCCCCCCCCCCCCCCCCCCCCCCCCCOC(=O)C(C)(C)Br. The van der Waals surface area contributed by atoms with Crippen molar-refractivity contribution in [2.24, 2.45) is 0 Å². The van der Waals surface area contributed by atoms with Crippen LogP contribution in [0.4, 0.5) is 0 Å². The molecule has 0 bridgehead atoms. The van der Waals surface area contributed by atoms with E-state index in [1.54, 1.807) is 0 Å². The molecule has 42 heavy (non-hydrogen) atoms. The number of unbranched alkanes of at least 4 members (excludes halogenated alkanes) is 32. The fourth-order valence-electron chi connectivity index (χ4n) is 5.99. The molecule has 0 aliphatic rings. The van der Waals surface area contributed by atoms with E-state index in [1.807, 2.05) is 13.8 Å². The molecule has 252 valence electrons. The standard InChI is InChI=1S/C39H77BrO2/c1-4-5-6-7-8-9-10-11-12-13-14-15-16-17-18-19-20-21-22-23-24-25-26-27-28-29-30-31-32-33-34-35-36-37-42-38(41)39(2,3)40/h4-37H2,1-3H3. The van der Waals surface area contributed by atoms with Gasteiger partial charge in [-0.3, -0.25) is 4.79 Å². The molecule has 0 aromatic carbocycles. The third-order valence-electron chi connectivity index (χ3n) is 8.97. The van der Waals surface area contributed by atoms with E-state index in [9.17, 15) is 4.79 Å². The minimum absolute atomic E-state index is 0.154. The Morgan fingerprint density at radius 1 is 0.405 bits per heavy atom. The van der Waals surface area contributed by atoms with Crippen molar-refractivity contribution in [3.05, 3.63) is 0 Å². The van der Waals surface area contributed by atoms with Crippen LogP contribution >= 0.6 is 15.9 Å². The van der Waals surface area contributed by atoms with Gasteiger partial charge in [0.25, 0.3) is 0 Å². The molecule has 0 spiro atoms. The summed E-state index contributed by atoms with van der Waals surface area (Å²) in [7, 11) is 0. The van der Waals surface area contributed by atoms with Crippen LogP contribution in [0.5, 0.6) is 0 Å². The quantitative estimate of drug-likeness (QED) is 0.0385. The van der Waals surface area contributed by atoms with Gasteiger partial charge in [-0.05, 0) is 20.3 Å². The van der Waals surface area contributed by atoms with E-state index >= 15 is 0 Å². The molecule has 3 heteroatoms. The fraction of sp³-hybridized carbons (Fsp3) is 0.974. The molecule has 0 aromatic rings. The van der Waals surface area contributed by atoms with E-state index < -0.39 is 4.32 Å². The van der Waals surface area contributed by atoms with Crippen LogP contribution in [-0.2, 0) is 9.53 Å². The Hall–Kier alpha value is -0.0500. The lowest BCUT2D eigenvalue weighted by molar-refractivity contribution is -0.145. The van der Waals surface area contributed by atoms with E-state index in [1.165, 1.54) is 205 Å². The number of hydrogen-bond donors (Lipinski definition) is 0. The third-order valence-corrected chi connectivity index (χ3v) is 9.29. The summed E-state index contributed by atoms with van der Waals surface area (Å²) in [6.45, 7) is 6.53. The van der Waals surface area contributed by atoms with Crippen LogP contribution in [0.25, 0.3) is 0 Å². The van der Waals surface area contributed by atoms with Crippen molar-refractivity contribution in [1.29, 1.82) is 0 Å². The number of hydrogen-bond acceptors (Lipinski definition) is 2. The van der Waals surface area contributed by atoms with E-state index in [0.717, 1.165) is 6.42 Å². The van der Waals surface area contributed by atoms with Crippen molar-refractivity contribution < 1.29 is 9.53 Å². The van der Waals surface area contributed by atoms with Crippen molar-refractivity contribution in [2.75, 3.05) is 6.61 Å². The molecular formula is C39H77BrO2. The van der Waals surface area contributed by atoms with Crippen LogP contribution < -0.4 is 0 Å². The first-order chi connectivity index (χ1) is 20.5. The number of carbonyl (C=O) groups is 1. The maximum atomic E-state index is 11.7. The highest BCUT2D eigenvalue weighted by molar-refractivity contribution is 9.10. The molecule has 0 rings (SSSR count). The molecule has 0 fully saturated rings. The molecule has 0 saturated carbocycles. The highest BCUT2D eigenvalue weighted by Gasteiger charge is 2.24. The molecule has 0 amide bonds. The number of carbonyl (C=O) groups excluding carboxylic acids is 1. The van der Waals surface area contributed by atoms with Crippen LogP contribution in [0.1, 0.15) is 233 Å². The zero-order valence-electron chi connectivity index (χ0n) is 29.2. The largest absolute Gasteiger partial charge is 0.465 e. The van der Waals surface area contributed by atoms with Gasteiger partial charge in [0, 0.05) is 0 Å². The average Bonchev–Trinajstić information content (AvgIpc) is 2.96.